The summed E-state index contributed by atoms with van der Waals surface area (Å²) < 4.78 is 7.57. The molecule has 0 aliphatic heterocycles. The Balaban J connectivity index is 2.33. The lowest BCUT2D eigenvalue weighted by atomic mass is 10.1. The number of methoxy groups -OCH3 is 1. The third kappa shape index (κ3) is 2.96. The van der Waals surface area contributed by atoms with E-state index in [0.717, 1.165) is 30.7 Å². The van der Waals surface area contributed by atoms with Crippen molar-refractivity contribution in [2.24, 2.45) is 5.73 Å². The maximum atomic E-state index is 6.17. The van der Waals surface area contributed by atoms with E-state index in [1.807, 2.05) is 13.0 Å². The van der Waals surface area contributed by atoms with Crippen LogP contribution in [0.4, 0.5) is 0 Å². The van der Waals surface area contributed by atoms with Crippen LogP contribution < -0.4 is 5.73 Å². The van der Waals surface area contributed by atoms with Gasteiger partial charge in [-0.25, -0.2) is 4.98 Å². The molecule has 0 bridgehead atoms. The van der Waals surface area contributed by atoms with Crippen molar-refractivity contribution in [3.05, 3.63) is 30.1 Å². The summed E-state index contributed by atoms with van der Waals surface area (Å²) in [6.07, 6.45) is 1.86. The first-order chi connectivity index (χ1) is 9.17. The van der Waals surface area contributed by atoms with Gasteiger partial charge in [0.25, 0.3) is 0 Å². The molecule has 4 nitrogen and oxygen atoms in total. The fourth-order valence-corrected chi connectivity index (χ4v) is 2.31. The highest BCUT2D eigenvalue weighted by molar-refractivity contribution is 5.75. The highest BCUT2D eigenvalue weighted by atomic mass is 16.5. The molecule has 0 fully saturated rings. The first-order valence-electron chi connectivity index (χ1n) is 6.89. The number of imidazole rings is 1. The topological polar surface area (TPSA) is 53.1 Å². The van der Waals surface area contributed by atoms with E-state index < -0.39 is 0 Å². The highest BCUT2D eigenvalue weighted by Crippen LogP contribution is 2.18. The Labute approximate surface area is 114 Å². The number of rotatable bonds is 6. The summed E-state index contributed by atoms with van der Waals surface area (Å²) in [6, 6.07) is 8.21. The summed E-state index contributed by atoms with van der Waals surface area (Å²) in [5.41, 5.74) is 8.40. The van der Waals surface area contributed by atoms with Crippen molar-refractivity contribution in [3.63, 3.8) is 0 Å². The van der Waals surface area contributed by atoms with E-state index in [1.165, 1.54) is 5.52 Å². The molecular weight excluding hydrogens is 238 g/mol. The van der Waals surface area contributed by atoms with Crippen LogP contribution >= 0.6 is 0 Å². The Morgan fingerprint density at radius 2 is 2.11 bits per heavy atom. The maximum absolute atomic E-state index is 6.17. The van der Waals surface area contributed by atoms with Crippen molar-refractivity contribution in [1.82, 2.24) is 9.55 Å². The molecule has 0 spiro atoms. The largest absolute Gasteiger partial charge is 0.380 e. The second-order valence-corrected chi connectivity index (χ2v) is 4.98. The van der Waals surface area contributed by atoms with Crippen LogP contribution in [0.1, 0.15) is 26.1 Å². The van der Waals surface area contributed by atoms with Crippen molar-refractivity contribution >= 4 is 11.0 Å². The molecule has 1 aromatic carbocycles. The predicted molar refractivity (Wildman–Crippen MR) is 78.2 cm³/mol. The van der Waals surface area contributed by atoms with Crippen molar-refractivity contribution < 1.29 is 4.74 Å². The summed E-state index contributed by atoms with van der Waals surface area (Å²) in [4.78, 5) is 4.72. The van der Waals surface area contributed by atoms with Gasteiger partial charge in [-0.15, -0.1) is 0 Å². The third-order valence-electron chi connectivity index (χ3n) is 3.57. The van der Waals surface area contributed by atoms with Gasteiger partial charge in [0.1, 0.15) is 5.82 Å². The molecule has 2 unspecified atom stereocenters. The van der Waals surface area contributed by atoms with Crippen LogP contribution in [-0.2, 0) is 17.7 Å². The van der Waals surface area contributed by atoms with Gasteiger partial charge in [0.05, 0.1) is 17.1 Å². The van der Waals surface area contributed by atoms with Crippen molar-refractivity contribution in [1.29, 1.82) is 0 Å². The van der Waals surface area contributed by atoms with Crippen LogP contribution in [0, 0.1) is 0 Å². The Morgan fingerprint density at radius 1 is 1.37 bits per heavy atom. The average molecular weight is 261 g/mol. The molecule has 2 N–H and O–H groups in total. The smallest absolute Gasteiger partial charge is 0.111 e. The van der Waals surface area contributed by atoms with Crippen LogP contribution in [0.15, 0.2) is 24.3 Å². The maximum Gasteiger partial charge on any atom is 0.111 e. The predicted octanol–water partition coefficient (Wildman–Crippen LogP) is 2.35. The fraction of sp³-hybridized carbons (Fsp3) is 0.533. The van der Waals surface area contributed by atoms with Gasteiger partial charge in [0, 0.05) is 26.1 Å². The van der Waals surface area contributed by atoms with Gasteiger partial charge in [0.15, 0.2) is 0 Å². The fourth-order valence-electron chi connectivity index (χ4n) is 2.31. The zero-order valence-corrected chi connectivity index (χ0v) is 12.0. The van der Waals surface area contributed by atoms with Gasteiger partial charge in [-0.1, -0.05) is 19.1 Å². The van der Waals surface area contributed by atoms with Crippen LogP contribution in [-0.4, -0.2) is 28.8 Å². The van der Waals surface area contributed by atoms with Gasteiger partial charge in [-0.2, -0.15) is 0 Å². The van der Waals surface area contributed by atoms with E-state index in [-0.39, 0.29) is 12.1 Å². The van der Waals surface area contributed by atoms with Crippen molar-refractivity contribution in [3.8, 4) is 0 Å². The lowest BCUT2D eigenvalue weighted by Crippen LogP contribution is -2.36. The molecule has 104 valence electrons. The van der Waals surface area contributed by atoms with Crippen molar-refractivity contribution in [2.75, 3.05) is 7.11 Å². The second-order valence-electron chi connectivity index (χ2n) is 4.98. The molecule has 2 atom stereocenters. The second kappa shape index (κ2) is 6.17. The van der Waals surface area contributed by atoms with Gasteiger partial charge >= 0.3 is 0 Å². The minimum atomic E-state index is -0.0302. The summed E-state index contributed by atoms with van der Waals surface area (Å²) in [6.45, 7) is 5.15. The van der Waals surface area contributed by atoms with E-state index in [9.17, 15) is 0 Å². The molecule has 1 aromatic heterocycles. The van der Waals surface area contributed by atoms with Gasteiger partial charge in [0.2, 0.25) is 0 Å². The molecule has 4 heteroatoms. The Bertz CT molecular complexity index is 535. The van der Waals surface area contributed by atoms with E-state index >= 15 is 0 Å². The number of nitrogens with two attached hydrogens (primary N) is 1. The monoisotopic (exact) mass is 261 g/mol. The van der Waals surface area contributed by atoms with Gasteiger partial charge in [-0.3, -0.25) is 0 Å². The van der Waals surface area contributed by atoms with E-state index in [0.29, 0.717) is 0 Å². The Morgan fingerprint density at radius 3 is 2.79 bits per heavy atom. The van der Waals surface area contributed by atoms with E-state index in [1.54, 1.807) is 7.11 Å². The highest BCUT2D eigenvalue weighted by Gasteiger charge is 2.17. The molecule has 0 radical (unpaired) electrons. The van der Waals surface area contributed by atoms with E-state index in [4.69, 9.17) is 15.5 Å². The average Bonchev–Trinajstić information content (AvgIpc) is 2.76. The van der Waals surface area contributed by atoms with Crippen LogP contribution in [0.3, 0.4) is 0 Å². The quantitative estimate of drug-likeness (QED) is 0.868. The lowest BCUT2D eigenvalue weighted by molar-refractivity contribution is 0.0947. The number of ether oxygens (including phenoxy) is 1. The standard InChI is InChI=1S/C15H23N3O/c1-4-9-18-14-8-6-5-7-13(14)17-15(18)10-12(16)11(2)19-3/h5-8,11-12H,4,9-10,16H2,1-3H3. The number of para-hydroxylation sites is 2. The minimum Gasteiger partial charge on any atom is -0.380 e. The molecular formula is C15H23N3O. The van der Waals surface area contributed by atoms with E-state index in [2.05, 4.69) is 29.7 Å². The number of hydrogen-bond acceptors (Lipinski definition) is 3. The Hall–Kier alpha value is -1.39. The molecule has 0 aliphatic rings. The van der Waals surface area contributed by atoms with Gasteiger partial charge in [-0.05, 0) is 25.5 Å². The first kappa shape index (κ1) is 14.0. The summed E-state index contributed by atoms with van der Waals surface area (Å²) in [7, 11) is 1.69. The van der Waals surface area contributed by atoms with Crippen LogP contribution in [0.25, 0.3) is 11.0 Å². The summed E-state index contributed by atoms with van der Waals surface area (Å²) in [5.74, 6) is 1.06. The molecule has 0 amide bonds. The number of aryl methyl sites for hydroxylation is 1. The molecule has 1 heterocycles. The van der Waals surface area contributed by atoms with Gasteiger partial charge < -0.3 is 15.0 Å². The number of nitrogens with zero attached hydrogens (tertiary/aromatic N) is 2. The zero-order valence-electron chi connectivity index (χ0n) is 12.0. The molecule has 2 aromatic rings. The SMILES string of the molecule is CCCn1c(CC(N)C(C)OC)nc2ccccc21. The summed E-state index contributed by atoms with van der Waals surface area (Å²) >= 11 is 0. The number of hydrogen-bond donors (Lipinski definition) is 1. The molecule has 19 heavy (non-hydrogen) atoms. The summed E-state index contributed by atoms with van der Waals surface area (Å²) in [5, 5.41) is 0. The first-order valence-corrected chi connectivity index (χ1v) is 6.89. The lowest BCUT2D eigenvalue weighted by Gasteiger charge is -2.18. The van der Waals surface area contributed by atoms with Crippen LogP contribution in [0.5, 0.6) is 0 Å². The molecule has 0 saturated carbocycles. The zero-order chi connectivity index (χ0) is 13.8. The number of benzene rings is 1. The Kier molecular flexibility index (Phi) is 4.56. The minimum absolute atomic E-state index is 0.0302. The van der Waals surface area contributed by atoms with Crippen molar-refractivity contribution in [2.45, 2.75) is 45.4 Å². The normalized spacial score (nSPS) is 14.7. The number of aromatic nitrogens is 2. The number of fused-ring (bicyclic) bond motifs is 1. The molecule has 2 rings (SSSR count). The van der Waals surface area contributed by atoms with Crippen LogP contribution in [0.2, 0.25) is 0 Å². The third-order valence-corrected chi connectivity index (χ3v) is 3.57. The molecule has 0 saturated heterocycles. The molecule has 0 aliphatic carbocycles.